The van der Waals surface area contributed by atoms with E-state index in [-0.39, 0.29) is 63.5 Å². The van der Waals surface area contributed by atoms with Crippen LogP contribution in [0.4, 0.5) is 34.1 Å². The van der Waals surface area contributed by atoms with Crippen molar-refractivity contribution < 1.29 is 9.60 Å². The summed E-state index contributed by atoms with van der Waals surface area (Å²) in [5, 5.41) is 0. The summed E-state index contributed by atoms with van der Waals surface area (Å²) in [6.45, 7) is 30.9. The normalized spacial score (nSPS) is 18.3. The van der Waals surface area contributed by atoms with Crippen molar-refractivity contribution in [2.75, 3.05) is 9.80 Å². The van der Waals surface area contributed by atoms with E-state index >= 15 is 0 Å². The van der Waals surface area contributed by atoms with E-state index in [2.05, 4.69) is 149 Å². The Balaban J connectivity index is 1.47. The summed E-state index contributed by atoms with van der Waals surface area (Å²) in [5.41, 5.74) is 12.5. The molecule has 302 valence electrons. The third kappa shape index (κ3) is 6.42. The predicted molar refractivity (Wildman–Crippen MR) is 260 cm³/mol. The fraction of sp³-hybridized carbons (Fsp3) is 0.382. The molecule has 0 saturated carbocycles. The Hall–Kier alpha value is -4.54. The Bertz CT molecular complexity index is 3000. The SMILES string of the molecule is [2H]c1cc(C(C)(C)C)cc([2H])c1N1c2cc(C)cc3c2B(c2cc(C(C)(C)C)ccc2N3c2ccc(C(C)(C)C)cc2-c2c([2H])c([2H])c([2H])c([2H])c2[2H])c2sc3c(c21)C(C)(C)CCC3(C)C. The van der Waals surface area contributed by atoms with Crippen molar-refractivity contribution >= 4 is 67.9 Å². The molecule has 2 aliphatic heterocycles. The molecule has 3 heterocycles. The average molecular weight is 802 g/mol. The molecule has 59 heavy (non-hydrogen) atoms. The Morgan fingerprint density at radius 2 is 1.17 bits per heavy atom. The molecule has 0 spiro atoms. The number of fused-ring (bicyclic) bond motifs is 6. The highest BCUT2D eigenvalue weighted by Crippen LogP contribution is 2.56. The molecule has 2 nitrogen and oxygen atoms in total. The van der Waals surface area contributed by atoms with E-state index in [1.807, 2.05) is 29.5 Å². The van der Waals surface area contributed by atoms with Gasteiger partial charge in [0.2, 0.25) is 0 Å². The van der Waals surface area contributed by atoms with Crippen molar-refractivity contribution in [1.29, 1.82) is 0 Å². The fourth-order valence-electron chi connectivity index (χ4n) is 9.60. The number of rotatable bonds is 3. The molecule has 0 amide bonds. The zero-order valence-corrected chi connectivity index (χ0v) is 38.4. The minimum atomic E-state index is -0.421. The minimum Gasteiger partial charge on any atom is -0.311 e. The lowest BCUT2D eigenvalue weighted by Gasteiger charge is -2.46. The summed E-state index contributed by atoms with van der Waals surface area (Å²) in [7, 11) is 0. The van der Waals surface area contributed by atoms with Crippen LogP contribution in [-0.4, -0.2) is 6.71 Å². The largest absolute Gasteiger partial charge is 0.311 e. The number of nitrogens with zero attached hydrogens (tertiary/aromatic N) is 2. The molecule has 0 bridgehead atoms. The van der Waals surface area contributed by atoms with Gasteiger partial charge in [-0.2, -0.15) is 11.3 Å². The molecule has 1 aromatic heterocycles. The quantitative estimate of drug-likeness (QED) is 0.164. The van der Waals surface area contributed by atoms with Gasteiger partial charge >= 0.3 is 0 Å². The Morgan fingerprint density at radius 1 is 0.610 bits per heavy atom. The molecule has 0 saturated heterocycles. The molecule has 9 rings (SSSR count). The number of aryl methyl sites for hydroxylation is 1. The lowest BCUT2D eigenvalue weighted by molar-refractivity contribution is 0.339. The lowest BCUT2D eigenvalue weighted by Crippen LogP contribution is -2.61. The summed E-state index contributed by atoms with van der Waals surface area (Å²) in [6, 6.07) is 20.4. The predicted octanol–water partition coefficient (Wildman–Crippen LogP) is 14.0. The Kier molecular flexibility index (Phi) is 7.24. The Labute approximate surface area is 369 Å². The second kappa shape index (κ2) is 13.2. The van der Waals surface area contributed by atoms with Crippen LogP contribution >= 0.6 is 11.3 Å². The molecule has 0 N–H and O–H groups in total. The topological polar surface area (TPSA) is 6.48 Å². The fourth-order valence-corrected chi connectivity index (χ4v) is 11.3. The zero-order valence-electron chi connectivity index (χ0n) is 44.6. The molecule has 6 aromatic rings. The van der Waals surface area contributed by atoms with Crippen molar-refractivity contribution in [2.45, 2.75) is 137 Å². The third-order valence-corrected chi connectivity index (χ3v) is 14.9. The van der Waals surface area contributed by atoms with Crippen LogP contribution < -0.4 is 25.5 Å². The molecule has 4 heteroatoms. The van der Waals surface area contributed by atoms with Crippen LogP contribution in [0, 0.1) is 6.92 Å². The van der Waals surface area contributed by atoms with Gasteiger partial charge in [-0.3, -0.25) is 0 Å². The van der Waals surface area contributed by atoms with Crippen molar-refractivity contribution in [3.8, 4) is 11.1 Å². The molecule has 0 atom stereocenters. The summed E-state index contributed by atoms with van der Waals surface area (Å²) < 4.78 is 65.8. The summed E-state index contributed by atoms with van der Waals surface area (Å²) >= 11 is 1.90. The van der Waals surface area contributed by atoms with E-state index in [4.69, 9.17) is 4.11 Å². The van der Waals surface area contributed by atoms with Crippen LogP contribution in [0.5, 0.6) is 0 Å². The standard InChI is InChI=1S/C55H63BN2S/c1-34-30-44-47-45(31-34)58(42-26-22-37(52(5,6)7)32-40(42)35-18-16-15-17-19-35)43-27-23-38(53(8,9)10)33-41(43)56(47)50-48(46-49(59-50)55(13,14)29-28-54(46,11)12)57(44)39-24-20-36(21-25-39)51(2,3)4/h15-27,30-33H,28-29H2,1-14H3/i15D,16D,17D,18D,19D,24D,25D. The molecule has 0 radical (unpaired) electrons. The van der Waals surface area contributed by atoms with Crippen LogP contribution in [0.15, 0.2) is 103 Å². The first-order valence-electron chi connectivity index (χ1n) is 24.9. The van der Waals surface area contributed by atoms with Gasteiger partial charge in [-0.25, -0.2) is 0 Å². The third-order valence-electron chi connectivity index (χ3n) is 13.2. The molecule has 5 aromatic carbocycles. The van der Waals surface area contributed by atoms with E-state index < -0.39 is 6.04 Å². The molecule has 0 unspecified atom stereocenters. The summed E-state index contributed by atoms with van der Waals surface area (Å²) in [6.07, 6.45) is 2.05. The van der Waals surface area contributed by atoms with E-state index in [9.17, 15) is 5.48 Å². The average Bonchev–Trinajstić information content (AvgIpc) is 3.63. The molecule has 0 fully saturated rings. The number of hydrogen-bond acceptors (Lipinski definition) is 3. The van der Waals surface area contributed by atoms with Gasteiger partial charge in [0.25, 0.3) is 6.71 Å². The first-order valence-corrected chi connectivity index (χ1v) is 22.2. The van der Waals surface area contributed by atoms with Crippen LogP contribution in [-0.2, 0) is 27.1 Å². The maximum absolute atomic E-state index is 9.86. The monoisotopic (exact) mass is 802 g/mol. The van der Waals surface area contributed by atoms with Gasteiger partial charge in [-0.15, -0.1) is 0 Å². The Morgan fingerprint density at radius 3 is 1.78 bits per heavy atom. The number of thiophene rings is 1. The number of benzene rings is 5. The maximum atomic E-state index is 9.86. The summed E-state index contributed by atoms with van der Waals surface area (Å²) in [5.74, 6) is 0. The minimum absolute atomic E-state index is 0.0996. The maximum Gasteiger partial charge on any atom is 0.264 e. The van der Waals surface area contributed by atoms with Gasteiger partial charge in [0.1, 0.15) is 0 Å². The van der Waals surface area contributed by atoms with Gasteiger partial charge in [-0.1, -0.05) is 151 Å². The first kappa shape index (κ1) is 32.3. The molecule has 3 aliphatic rings. The second-order valence-corrected chi connectivity index (χ2v) is 22.8. The van der Waals surface area contributed by atoms with Crippen LogP contribution in [0.25, 0.3) is 11.1 Å². The molecular formula is C55H63BN2S. The van der Waals surface area contributed by atoms with E-state index in [1.165, 1.54) is 20.8 Å². The second-order valence-electron chi connectivity index (χ2n) is 21.7. The summed E-state index contributed by atoms with van der Waals surface area (Å²) in [4.78, 5) is 5.91. The van der Waals surface area contributed by atoms with Gasteiger partial charge in [0.15, 0.2) is 0 Å². The van der Waals surface area contributed by atoms with Gasteiger partial charge in [-0.05, 0) is 134 Å². The van der Waals surface area contributed by atoms with Crippen molar-refractivity contribution in [3.05, 3.63) is 136 Å². The lowest BCUT2D eigenvalue weighted by atomic mass is 9.35. The van der Waals surface area contributed by atoms with Gasteiger partial charge in [0, 0.05) is 38.0 Å². The smallest absolute Gasteiger partial charge is 0.264 e. The van der Waals surface area contributed by atoms with E-state index in [0.29, 0.717) is 29.0 Å². The van der Waals surface area contributed by atoms with Crippen LogP contribution in [0.2, 0.25) is 0 Å². The van der Waals surface area contributed by atoms with Gasteiger partial charge < -0.3 is 9.80 Å². The highest BCUT2D eigenvalue weighted by molar-refractivity contribution is 7.29. The van der Waals surface area contributed by atoms with Crippen molar-refractivity contribution in [1.82, 2.24) is 0 Å². The zero-order chi connectivity index (χ0) is 48.3. The van der Waals surface area contributed by atoms with Crippen LogP contribution in [0.3, 0.4) is 0 Å². The molecular weight excluding hydrogens is 731 g/mol. The van der Waals surface area contributed by atoms with Gasteiger partial charge in [0.05, 0.1) is 21.0 Å². The van der Waals surface area contributed by atoms with Crippen molar-refractivity contribution in [3.63, 3.8) is 0 Å². The number of hydrogen-bond donors (Lipinski definition) is 0. The van der Waals surface area contributed by atoms with E-state index in [1.54, 1.807) is 0 Å². The highest BCUT2D eigenvalue weighted by Gasteiger charge is 2.51. The highest BCUT2D eigenvalue weighted by atomic mass is 32.1. The molecule has 1 aliphatic carbocycles. The van der Waals surface area contributed by atoms with Crippen LogP contribution in [0.1, 0.15) is 145 Å². The first-order chi connectivity index (χ1) is 30.5. The van der Waals surface area contributed by atoms with E-state index in [0.717, 1.165) is 63.2 Å². The van der Waals surface area contributed by atoms with Crippen molar-refractivity contribution in [2.24, 2.45) is 0 Å². The number of anilines is 6.